The third-order valence-electron chi connectivity index (χ3n) is 3.42. The summed E-state index contributed by atoms with van der Waals surface area (Å²) in [5.74, 6) is 0.898. The molecule has 1 N–H and O–H groups in total. The first-order valence-corrected chi connectivity index (χ1v) is 6.99. The van der Waals surface area contributed by atoms with E-state index in [1.54, 1.807) is 16.4 Å². The van der Waals surface area contributed by atoms with Crippen LogP contribution in [-0.2, 0) is 16.6 Å². The van der Waals surface area contributed by atoms with Crippen molar-refractivity contribution in [3.63, 3.8) is 0 Å². The molecule has 1 aliphatic rings. The number of aromatic nitrogens is 2. The number of thioether (sulfide) groups is 1. The quantitative estimate of drug-likeness (QED) is 0.618. The Labute approximate surface area is 111 Å². The van der Waals surface area contributed by atoms with Gasteiger partial charge in [-0.1, -0.05) is 0 Å². The minimum Gasteiger partial charge on any atom is -0.468 e. The molecule has 0 aliphatic heterocycles. The van der Waals surface area contributed by atoms with E-state index in [1.165, 1.54) is 7.11 Å². The van der Waals surface area contributed by atoms with Crippen LogP contribution in [0.1, 0.15) is 12.8 Å². The third-order valence-corrected chi connectivity index (χ3v) is 4.56. The summed E-state index contributed by atoms with van der Waals surface area (Å²) in [5, 5.41) is 7.31. The van der Waals surface area contributed by atoms with Crippen molar-refractivity contribution in [1.29, 1.82) is 0 Å². The van der Waals surface area contributed by atoms with Crippen molar-refractivity contribution in [2.75, 3.05) is 19.9 Å². The molecular weight excluding hydrogens is 250 g/mol. The Hall–Kier alpha value is -1.01. The van der Waals surface area contributed by atoms with Crippen molar-refractivity contribution in [2.24, 2.45) is 13.0 Å². The zero-order chi connectivity index (χ0) is 13.2. The van der Waals surface area contributed by atoms with Crippen molar-refractivity contribution < 1.29 is 9.53 Å². The Morgan fingerprint density at radius 1 is 1.72 bits per heavy atom. The summed E-state index contributed by atoms with van der Waals surface area (Å²) >= 11 is 1.64. The van der Waals surface area contributed by atoms with Gasteiger partial charge in [0.1, 0.15) is 5.54 Å². The van der Waals surface area contributed by atoms with Crippen molar-refractivity contribution in [3.8, 4) is 0 Å². The highest BCUT2D eigenvalue weighted by Gasteiger charge is 2.50. The Morgan fingerprint density at radius 3 is 2.89 bits per heavy atom. The number of nitrogens with one attached hydrogen (secondary N) is 1. The van der Waals surface area contributed by atoms with Gasteiger partial charge in [0, 0.05) is 23.9 Å². The molecule has 2 rings (SSSR count). The van der Waals surface area contributed by atoms with Crippen molar-refractivity contribution in [1.82, 2.24) is 15.1 Å². The van der Waals surface area contributed by atoms with Crippen LogP contribution in [0.5, 0.6) is 0 Å². The molecule has 1 atom stereocenters. The van der Waals surface area contributed by atoms with Crippen LogP contribution in [0.4, 0.5) is 0 Å². The van der Waals surface area contributed by atoms with Crippen LogP contribution in [0.25, 0.3) is 0 Å². The fraction of sp³-hybridized carbons (Fsp3) is 0.667. The minimum absolute atomic E-state index is 0.163. The zero-order valence-electron chi connectivity index (χ0n) is 11.0. The molecule has 1 saturated carbocycles. The first kappa shape index (κ1) is 13.4. The smallest absolute Gasteiger partial charge is 0.327 e. The van der Waals surface area contributed by atoms with Crippen LogP contribution in [0.15, 0.2) is 17.3 Å². The Balaban J connectivity index is 2.07. The number of methoxy groups -OCH3 is 1. The first-order chi connectivity index (χ1) is 8.62. The second kappa shape index (κ2) is 5.32. The lowest BCUT2D eigenvalue weighted by atomic mass is 9.96. The van der Waals surface area contributed by atoms with Crippen molar-refractivity contribution in [3.05, 3.63) is 12.4 Å². The maximum absolute atomic E-state index is 12.1. The molecule has 1 aliphatic carbocycles. The Kier molecular flexibility index (Phi) is 3.97. The average molecular weight is 269 g/mol. The van der Waals surface area contributed by atoms with Gasteiger partial charge < -0.3 is 10.1 Å². The third kappa shape index (κ3) is 2.54. The van der Waals surface area contributed by atoms with E-state index >= 15 is 0 Å². The number of hydrogen-bond acceptors (Lipinski definition) is 5. The average Bonchev–Trinajstić information content (AvgIpc) is 3.14. The number of esters is 1. The molecule has 0 bridgehead atoms. The van der Waals surface area contributed by atoms with Gasteiger partial charge in [-0.25, -0.2) is 0 Å². The first-order valence-electron chi connectivity index (χ1n) is 6.01. The number of carbonyl (C=O) groups is 1. The zero-order valence-corrected chi connectivity index (χ0v) is 11.8. The van der Waals surface area contributed by atoms with Crippen LogP contribution in [-0.4, -0.2) is 41.2 Å². The molecule has 100 valence electrons. The summed E-state index contributed by atoms with van der Waals surface area (Å²) in [6.07, 6.45) is 5.94. The van der Waals surface area contributed by atoms with Gasteiger partial charge in [0.25, 0.3) is 0 Å². The SMILES string of the molecule is CNC(CSc1cnn(C)c1)(C(=O)OC)C1CC1. The summed E-state index contributed by atoms with van der Waals surface area (Å²) in [5.41, 5.74) is -0.560. The molecule has 5 nitrogen and oxygen atoms in total. The van der Waals surface area contributed by atoms with Crippen LogP contribution in [0.2, 0.25) is 0 Å². The lowest BCUT2D eigenvalue weighted by Gasteiger charge is -2.30. The maximum Gasteiger partial charge on any atom is 0.327 e. The van der Waals surface area contributed by atoms with Gasteiger partial charge in [0.15, 0.2) is 0 Å². The summed E-state index contributed by atoms with van der Waals surface area (Å²) in [4.78, 5) is 13.1. The van der Waals surface area contributed by atoms with Crippen LogP contribution < -0.4 is 5.32 Å². The normalized spacial score (nSPS) is 18.4. The molecule has 1 heterocycles. The summed E-state index contributed by atoms with van der Waals surface area (Å²) < 4.78 is 6.73. The van der Waals surface area contributed by atoms with E-state index in [-0.39, 0.29) is 5.97 Å². The van der Waals surface area contributed by atoms with Gasteiger partial charge >= 0.3 is 5.97 Å². The molecule has 1 aromatic heterocycles. The second-order valence-electron chi connectivity index (χ2n) is 4.63. The van der Waals surface area contributed by atoms with Crippen LogP contribution >= 0.6 is 11.8 Å². The number of aryl methyl sites for hydroxylation is 1. The molecule has 0 spiro atoms. The van der Waals surface area contributed by atoms with Crippen LogP contribution in [0.3, 0.4) is 0 Å². The van der Waals surface area contributed by atoms with E-state index in [0.29, 0.717) is 11.7 Å². The van der Waals surface area contributed by atoms with E-state index < -0.39 is 5.54 Å². The molecule has 0 aromatic carbocycles. The highest BCUT2D eigenvalue weighted by molar-refractivity contribution is 7.99. The highest BCUT2D eigenvalue weighted by atomic mass is 32.2. The fourth-order valence-electron chi connectivity index (χ4n) is 2.15. The molecule has 0 amide bonds. The predicted molar refractivity (Wildman–Crippen MR) is 70.5 cm³/mol. The highest BCUT2D eigenvalue weighted by Crippen LogP contribution is 2.42. The molecule has 1 aromatic rings. The second-order valence-corrected chi connectivity index (χ2v) is 5.67. The van der Waals surface area contributed by atoms with Gasteiger partial charge in [-0.15, -0.1) is 11.8 Å². The van der Waals surface area contributed by atoms with E-state index in [2.05, 4.69) is 10.4 Å². The van der Waals surface area contributed by atoms with Gasteiger partial charge in [-0.3, -0.25) is 9.48 Å². The van der Waals surface area contributed by atoms with Gasteiger partial charge in [0.2, 0.25) is 0 Å². The van der Waals surface area contributed by atoms with E-state index in [9.17, 15) is 4.79 Å². The van der Waals surface area contributed by atoms with Gasteiger partial charge in [0.05, 0.1) is 13.3 Å². The maximum atomic E-state index is 12.1. The van der Waals surface area contributed by atoms with E-state index in [4.69, 9.17) is 4.74 Å². The van der Waals surface area contributed by atoms with Crippen LogP contribution in [0, 0.1) is 5.92 Å². The number of likely N-dealkylation sites (N-methyl/N-ethyl adjacent to an activating group) is 1. The Morgan fingerprint density at radius 2 is 2.44 bits per heavy atom. The fourth-order valence-corrected chi connectivity index (χ4v) is 3.39. The predicted octanol–water partition coefficient (Wildman–Crippen LogP) is 1.05. The van der Waals surface area contributed by atoms with E-state index in [1.807, 2.05) is 26.5 Å². The lowest BCUT2D eigenvalue weighted by Crippen LogP contribution is -2.55. The molecule has 0 saturated heterocycles. The number of hydrogen-bond donors (Lipinski definition) is 1. The number of nitrogens with zero attached hydrogens (tertiary/aromatic N) is 2. The standard InChI is InChI=1S/C12H19N3O2S/c1-13-12(9-4-5-9,11(16)17-3)8-18-10-6-14-15(2)7-10/h6-7,9,13H,4-5,8H2,1-3H3. The molecule has 0 radical (unpaired) electrons. The monoisotopic (exact) mass is 269 g/mol. The molecular formula is C12H19N3O2S. The topological polar surface area (TPSA) is 56.2 Å². The molecule has 1 fully saturated rings. The largest absolute Gasteiger partial charge is 0.468 e. The summed E-state index contributed by atoms with van der Waals surface area (Å²) in [7, 11) is 5.17. The Bertz CT molecular complexity index is 431. The van der Waals surface area contributed by atoms with Crippen molar-refractivity contribution >= 4 is 17.7 Å². The number of carbonyl (C=O) groups excluding carboxylic acids is 1. The van der Waals surface area contributed by atoms with Gasteiger partial charge in [-0.2, -0.15) is 5.10 Å². The summed E-state index contributed by atoms with van der Waals surface area (Å²) in [6.45, 7) is 0. The minimum atomic E-state index is -0.560. The number of rotatable bonds is 6. The van der Waals surface area contributed by atoms with Gasteiger partial charge in [-0.05, 0) is 25.8 Å². The summed E-state index contributed by atoms with van der Waals surface area (Å²) in [6, 6.07) is 0. The lowest BCUT2D eigenvalue weighted by molar-refractivity contribution is -0.148. The molecule has 18 heavy (non-hydrogen) atoms. The van der Waals surface area contributed by atoms with E-state index in [0.717, 1.165) is 17.7 Å². The number of ether oxygens (including phenoxy) is 1. The molecule has 1 unspecified atom stereocenters. The molecule has 6 heteroatoms. The van der Waals surface area contributed by atoms with Crippen molar-refractivity contribution in [2.45, 2.75) is 23.3 Å².